The van der Waals surface area contributed by atoms with Crippen molar-refractivity contribution in [2.75, 3.05) is 18.4 Å². The molecule has 4 nitrogen and oxygen atoms in total. The Morgan fingerprint density at radius 2 is 1.81 bits per heavy atom. The number of aromatic amines is 1. The van der Waals surface area contributed by atoms with Crippen LogP contribution in [-0.2, 0) is 4.79 Å². The monoisotopic (exact) mass is 433 g/mol. The minimum atomic E-state index is -0.655. The molecule has 0 unspecified atom stereocenters. The van der Waals surface area contributed by atoms with Gasteiger partial charge in [0, 0.05) is 34.3 Å². The second kappa shape index (κ2) is 8.02. The lowest BCUT2D eigenvalue weighted by Gasteiger charge is -2.23. The quantitative estimate of drug-likeness (QED) is 0.475. The molecule has 0 spiro atoms. The Kier molecular flexibility index (Phi) is 5.18. The third-order valence-corrected chi connectivity index (χ3v) is 6.62. The summed E-state index contributed by atoms with van der Waals surface area (Å²) in [7, 11) is 0. The van der Waals surface area contributed by atoms with Gasteiger partial charge in [-0.25, -0.2) is 8.78 Å². The number of H-pyrrole nitrogens is 1. The first-order chi connectivity index (χ1) is 15.4. The van der Waals surface area contributed by atoms with Crippen LogP contribution < -0.4 is 10.6 Å². The molecule has 2 aliphatic rings. The number of fused-ring (bicyclic) bond motifs is 1. The number of carbonyl (C=O) groups is 1. The molecule has 1 aromatic heterocycles. The molecule has 32 heavy (non-hydrogen) atoms. The van der Waals surface area contributed by atoms with Crippen LogP contribution in [0, 0.1) is 25.5 Å². The van der Waals surface area contributed by atoms with Crippen molar-refractivity contribution in [2.24, 2.45) is 0 Å². The topological polar surface area (TPSA) is 56.9 Å². The van der Waals surface area contributed by atoms with E-state index in [1.165, 1.54) is 17.7 Å². The van der Waals surface area contributed by atoms with E-state index in [1.54, 1.807) is 18.2 Å². The Morgan fingerprint density at radius 3 is 2.56 bits per heavy atom. The summed E-state index contributed by atoms with van der Waals surface area (Å²) in [4.78, 5) is 16.4. The fourth-order valence-electron chi connectivity index (χ4n) is 5.12. The number of hydrogen-bond donors (Lipinski definition) is 3. The van der Waals surface area contributed by atoms with Crippen molar-refractivity contribution >= 4 is 23.2 Å². The lowest BCUT2D eigenvalue weighted by molar-refractivity contribution is -0.110. The highest BCUT2D eigenvalue weighted by molar-refractivity contribution is 6.36. The molecule has 6 heteroatoms. The number of aromatic nitrogens is 1. The van der Waals surface area contributed by atoms with Crippen molar-refractivity contribution in [1.82, 2.24) is 10.3 Å². The summed E-state index contributed by atoms with van der Waals surface area (Å²) < 4.78 is 28.1. The summed E-state index contributed by atoms with van der Waals surface area (Å²) in [5.41, 5.74) is 7.05. The number of carbonyl (C=O) groups excluding carboxylic acids is 1. The van der Waals surface area contributed by atoms with E-state index in [0.717, 1.165) is 48.9 Å². The van der Waals surface area contributed by atoms with Gasteiger partial charge < -0.3 is 15.6 Å². The second-order valence-electron chi connectivity index (χ2n) is 8.59. The van der Waals surface area contributed by atoms with Crippen LogP contribution >= 0.6 is 0 Å². The van der Waals surface area contributed by atoms with Crippen LogP contribution in [0.15, 0.2) is 36.4 Å². The third kappa shape index (κ3) is 3.45. The smallest absolute Gasteiger partial charge is 0.256 e. The van der Waals surface area contributed by atoms with Crippen molar-refractivity contribution < 1.29 is 13.6 Å². The fourth-order valence-corrected chi connectivity index (χ4v) is 5.12. The Labute approximate surface area is 185 Å². The van der Waals surface area contributed by atoms with Crippen LogP contribution in [0.1, 0.15) is 46.8 Å². The van der Waals surface area contributed by atoms with Gasteiger partial charge in [-0.15, -0.1) is 0 Å². The van der Waals surface area contributed by atoms with E-state index in [4.69, 9.17) is 0 Å². The highest BCUT2D eigenvalue weighted by Gasteiger charge is 2.29. The van der Waals surface area contributed by atoms with Crippen molar-refractivity contribution in [3.05, 3.63) is 76.1 Å². The molecular formula is C26H25F2N3O. The summed E-state index contributed by atoms with van der Waals surface area (Å²) in [6, 6.07) is 8.84. The summed E-state index contributed by atoms with van der Waals surface area (Å²) in [6.07, 6.45) is 4.04. The molecule has 0 aliphatic carbocycles. The molecule has 2 aromatic carbocycles. The number of piperidine rings is 1. The standard InChI is InChI=1S/C26H25F2N3O/c1-14-23(30-15(2)24(14)16-8-10-29-11-9-16)13-20-25-19(4-3-5-22(25)31-26(20)32)18-7-6-17(27)12-21(18)28/h3-7,12-13,16,29-30H,8-11H2,1-2H3,(H,31,32)/b20-13-. The van der Waals surface area contributed by atoms with Crippen LogP contribution in [0.2, 0.25) is 0 Å². The first kappa shape index (κ1) is 20.6. The molecule has 164 valence electrons. The van der Waals surface area contributed by atoms with E-state index in [1.807, 2.05) is 6.08 Å². The molecule has 3 N–H and O–H groups in total. The minimum Gasteiger partial charge on any atom is -0.359 e. The number of nitrogens with one attached hydrogen (secondary N) is 3. The van der Waals surface area contributed by atoms with E-state index < -0.39 is 11.6 Å². The maximum absolute atomic E-state index is 14.6. The molecule has 0 bridgehead atoms. The van der Waals surface area contributed by atoms with Crippen LogP contribution in [0.25, 0.3) is 22.8 Å². The number of anilines is 1. The highest BCUT2D eigenvalue weighted by atomic mass is 19.1. The van der Waals surface area contributed by atoms with Gasteiger partial charge in [0.15, 0.2) is 0 Å². The number of benzene rings is 2. The number of rotatable bonds is 3. The zero-order valence-electron chi connectivity index (χ0n) is 18.1. The Morgan fingerprint density at radius 1 is 1.03 bits per heavy atom. The number of halogens is 2. The maximum Gasteiger partial charge on any atom is 0.256 e. The highest BCUT2D eigenvalue weighted by Crippen LogP contribution is 2.42. The maximum atomic E-state index is 14.6. The normalized spacial score (nSPS) is 17.6. The summed E-state index contributed by atoms with van der Waals surface area (Å²) in [5.74, 6) is -1.03. The largest absolute Gasteiger partial charge is 0.359 e. The Balaban J connectivity index is 1.62. The predicted octanol–water partition coefficient (Wildman–Crippen LogP) is 5.54. The lowest BCUT2D eigenvalue weighted by Crippen LogP contribution is -2.27. The van der Waals surface area contributed by atoms with E-state index >= 15 is 0 Å². The Hall–Kier alpha value is -3.25. The van der Waals surface area contributed by atoms with Gasteiger partial charge in [-0.1, -0.05) is 12.1 Å². The van der Waals surface area contributed by atoms with Gasteiger partial charge in [-0.05, 0) is 86.7 Å². The van der Waals surface area contributed by atoms with Gasteiger partial charge in [0.25, 0.3) is 5.91 Å². The average Bonchev–Trinajstić information content (AvgIpc) is 3.24. The molecule has 1 fully saturated rings. The molecule has 1 saturated heterocycles. The first-order valence-electron chi connectivity index (χ1n) is 11.0. The van der Waals surface area contributed by atoms with E-state index in [0.29, 0.717) is 28.3 Å². The molecule has 0 atom stereocenters. The molecule has 1 amide bonds. The summed E-state index contributed by atoms with van der Waals surface area (Å²) in [5, 5.41) is 6.29. The van der Waals surface area contributed by atoms with E-state index in [2.05, 4.69) is 29.5 Å². The molecule has 3 aromatic rings. The molecule has 5 rings (SSSR count). The first-order valence-corrected chi connectivity index (χ1v) is 11.0. The summed E-state index contributed by atoms with van der Waals surface area (Å²) in [6.45, 7) is 6.18. The summed E-state index contributed by atoms with van der Waals surface area (Å²) >= 11 is 0. The van der Waals surface area contributed by atoms with Gasteiger partial charge >= 0.3 is 0 Å². The zero-order chi connectivity index (χ0) is 22.4. The molecule has 3 heterocycles. The van der Waals surface area contributed by atoms with Gasteiger partial charge in [-0.2, -0.15) is 0 Å². The third-order valence-electron chi connectivity index (χ3n) is 6.62. The molecule has 0 saturated carbocycles. The zero-order valence-corrected chi connectivity index (χ0v) is 18.1. The SMILES string of the molecule is Cc1[nH]c(/C=C2\C(=O)Nc3cccc(-c4ccc(F)cc4F)c32)c(C)c1C1CCNCC1. The van der Waals surface area contributed by atoms with Gasteiger partial charge in [0.2, 0.25) is 0 Å². The number of amides is 1. The predicted molar refractivity (Wildman–Crippen MR) is 123 cm³/mol. The van der Waals surface area contributed by atoms with Crippen LogP contribution in [0.5, 0.6) is 0 Å². The lowest BCUT2D eigenvalue weighted by atomic mass is 9.87. The van der Waals surface area contributed by atoms with Crippen molar-refractivity contribution in [3.63, 3.8) is 0 Å². The number of aryl methyl sites for hydroxylation is 1. The average molecular weight is 434 g/mol. The van der Waals surface area contributed by atoms with Gasteiger partial charge in [0.05, 0.1) is 5.57 Å². The van der Waals surface area contributed by atoms with Gasteiger partial charge in [0.1, 0.15) is 11.6 Å². The van der Waals surface area contributed by atoms with Crippen LogP contribution in [-0.4, -0.2) is 24.0 Å². The molecular weight excluding hydrogens is 408 g/mol. The molecule has 2 aliphatic heterocycles. The minimum absolute atomic E-state index is 0.231. The van der Waals surface area contributed by atoms with Crippen LogP contribution in [0.4, 0.5) is 14.5 Å². The Bertz CT molecular complexity index is 1250. The number of hydrogen-bond acceptors (Lipinski definition) is 2. The van der Waals surface area contributed by atoms with Crippen LogP contribution in [0.3, 0.4) is 0 Å². The van der Waals surface area contributed by atoms with E-state index in [-0.39, 0.29) is 11.5 Å². The fraction of sp³-hybridized carbons (Fsp3) is 0.269. The van der Waals surface area contributed by atoms with Crippen molar-refractivity contribution in [1.29, 1.82) is 0 Å². The van der Waals surface area contributed by atoms with Crippen molar-refractivity contribution in [3.8, 4) is 11.1 Å². The second-order valence-corrected chi connectivity index (χ2v) is 8.59. The van der Waals surface area contributed by atoms with Crippen molar-refractivity contribution in [2.45, 2.75) is 32.6 Å². The molecule has 0 radical (unpaired) electrons. The van der Waals surface area contributed by atoms with E-state index in [9.17, 15) is 13.6 Å². The van der Waals surface area contributed by atoms with Gasteiger partial charge in [-0.3, -0.25) is 4.79 Å².